The minimum absolute atomic E-state index is 0.110. The Balaban J connectivity index is 2.79. The lowest BCUT2D eigenvalue weighted by molar-refractivity contribution is 0.253. The molecule has 92 valence electrons. The molecule has 1 aromatic heterocycles. The van der Waals surface area contributed by atoms with Gasteiger partial charge in [-0.3, -0.25) is 10.00 Å². The van der Waals surface area contributed by atoms with Crippen LogP contribution in [0.3, 0.4) is 0 Å². The molecule has 0 aliphatic heterocycles. The molecule has 1 aromatic rings. The molecular formula is C12H24N4. The number of nitrogens with two attached hydrogens (primary N) is 1. The molecule has 0 spiro atoms. The summed E-state index contributed by atoms with van der Waals surface area (Å²) in [5.74, 6) is 0. The molecule has 3 N–H and O–H groups in total. The maximum Gasteiger partial charge on any atom is 0.0535 e. The number of hydrogen-bond acceptors (Lipinski definition) is 3. The highest BCUT2D eigenvalue weighted by Gasteiger charge is 2.21. The Morgan fingerprint density at radius 2 is 2.12 bits per heavy atom. The zero-order valence-corrected chi connectivity index (χ0v) is 11.0. The second kappa shape index (κ2) is 4.97. The van der Waals surface area contributed by atoms with Gasteiger partial charge in [0.25, 0.3) is 0 Å². The molecule has 0 bridgehead atoms. The number of rotatable bonds is 4. The third-order valence-electron chi connectivity index (χ3n) is 2.98. The van der Waals surface area contributed by atoms with Crippen molar-refractivity contribution >= 4 is 0 Å². The van der Waals surface area contributed by atoms with Gasteiger partial charge in [0, 0.05) is 35.8 Å². The summed E-state index contributed by atoms with van der Waals surface area (Å²) in [6.45, 7) is 10.3. The highest BCUT2D eigenvalue weighted by Crippen LogP contribution is 2.24. The van der Waals surface area contributed by atoms with Crippen molar-refractivity contribution in [1.29, 1.82) is 0 Å². The summed E-state index contributed by atoms with van der Waals surface area (Å²) < 4.78 is 0. The molecule has 0 saturated carbocycles. The van der Waals surface area contributed by atoms with Gasteiger partial charge in [-0.2, -0.15) is 5.10 Å². The second-order valence-corrected chi connectivity index (χ2v) is 5.52. The van der Waals surface area contributed by atoms with E-state index in [1.165, 1.54) is 11.3 Å². The Morgan fingerprint density at radius 1 is 1.50 bits per heavy atom. The van der Waals surface area contributed by atoms with Crippen LogP contribution in [0.5, 0.6) is 0 Å². The fourth-order valence-electron chi connectivity index (χ4n) is 1.68. The van der Waals surface area contributed by atoms with Gasteiger partial charge in [0.2, 0.25) is 0 Å². The largest absolute Gasteiger partial charge is 0.329 e. The summed E-state index contributed by atoms with van der Waals surface area (Å²) in [6, 6.07) is 0.391. The molecular weight excluding hydrogens is 200 g/mol. The van der Waals surface area contributed by atoms with Crippen LogP contribution in [0, 0.1) is 0 Å². The summed E-state index contributed by atoms with van der Waals surface area (Å²) >= 11 is 0. The van der Waals surface area contributed by atoms with Crippen LogP contribution in [-0.4, -0.2) is 34.7 Å². The number of nitrogens with zero attached hydrogens (tertiary/aromatic N) is 2. The van der Waals surface area contributed by atoms with Crippen LogP contribution in [0.4, 0.5) is 0 Å². The molecule has 0 fully saturated rings. The Bertz CT molecular complexity index is 324. The molecule has 1 rings (SSSR count). The highest BCUT2D eigenvalue weighted by atomic mass is 15.2. The molecule has 0 amide bonds. The lowest BCUT2D eigenvalue weighted by Crippen LogP contribution is -2.35. The first-order valence-electron chi connectivity index (χ1n) is 5.79. The molecule has 0 radical (unpaired) electrons. The van der Waals surface area contributed by atoms with Crippen LogP contribution in [0.15, 0.2) is 6.20 Å². The van der Waals surface area contributed by atoms with Gasteiger partial charge in [-0.05, 0) is 14.0 Å². The van der Waals surface area contributed by atoms with Gasteiger partial charge in [-0.25, -0.2) is 0 Å². The molecule has 0 aromatic carbocycles. The zero-order valence-electron chi connectivity index (χ0n) is 11.0. The lowest BCUT2D eigenvalue weighted by Gasteiger charge is -2.25. The van der Waals surface area contributed by atoms with E-state index >= 15 is 0 Å². The first-order valence-corrected chi connectivity index (χ1v) is 5.79. The molecule has 0 saturated heterocycles. The Kier molecular flexibility index (Phi) is 4.10. The standard InChI is InChI=1S/C12H24N4/c1-9(6-13)16(5)8-10-7-14-15-11(10)12(2,3)4/h7,9H,6,8,13H2,1-5H3,(H,14,15)/t9-/m1/s1. The number of H-pyrrole nitrogens is 1. The maximum atomic E-state index is 5.66. The van der Waals surface area contributed by atoms with Gasteiger partial charge in [0.15, 0.2) is 0 Å². The number of nitrogens with one attached hydrogen (secondary N) is 1. The minimum atomic E-state index is 0.110. The van der Waals surface area contributed by atoms with E-state index in [2.05, 4.69) is 49.8 Å². The van der Waals surface area contributed by atoms with Crippen molar-refractivity contribution in [2.75, 3.05) is 13.6 Å². The Labute approximate surface area is 98.2 Å². The van der Waals surface area contributed by atoms with Crippen LogP contribution >= 0.6 is 0 Å². The van der Waals surface area contributed by atoms with Crippen molar-refractivity contribution < 1.29 is 0 Å². The van der Waals surface area contributed by atoms with Gasteiger partial charge >= 0.3 is 0 Å². The molecule has 4 nitrogen and oxygen atoms in total. The molecule has 1 heterocycles. The van der Waals surface area contributed by atoms with Gasteiger partial charge in [0.05, 0.1) is 6.20 Å². The minimum Gasteiger partial charge on any atom is -0.329 e. The molecule has 16 heavy (non-hydrogen) atoms. The van der Waals surface area contributed by atoms with Crippen LogP contribution in [-0.2, 0) is 12.0 Å². The van der Waals surface area contributed by atoms with Crippen molar-refractivity contribution in [2.45, 2.75) is 45.7 Å². The quantitative estimate of drug-likeness (QED) is 0.814. The Hall–Kier alpha value is -0.870. The van der Waals surface area contributed by atoms with Crippen LogP contribution in [0.1, 0.15) is 39.0 Å². The predicted molar refractivity (Wildman–Crippen MR) is 67.3 cm³/mol. The van der Waals surface area contributed by atoms with E-state index in [-0.39, 0.29) is 5.41 Å². The lowest BCUT2D eigenvalue weighted by atomic mass is 9.89. The average Bonchev–Trinajstić information content (AvgIpc) is 2.63. The van der Waals surface area contributed by atoms with E-state index in [0.29, 0.717) is 12.6 Å². The van der Waals surface area contributed by atoms with Crippen molar-refractivity contribution in [3.8, 4) is 0 Å². The topological polar surface area (TPSA) is 57.9 Å². The van der Waals surface area contributed by atoms with E-state index in [0.717, 1.165) is 6.54 Å². The fraction of sp³-hybridized carbons (Fsp3) is 0.750. The summed E-state index contributed by atoms with van der Waals surface area (Å²) in [7, 11) is 2.09. The SMILES string of the molecule is C[C@H](CN)N(C)Cc1cn[nH]c1C(C)(C)C. The fourth-order valence-corrected chi connectivity index (χ4v) is 1.68. The van der Waals surface area contributed by atoms with Gasteiger partial charge in [-0.15, -0.1) is 0 Å². The number of aromatic nitrogens is 2. The van der Waals surface area contributed by atoms with Crippen molar-refractivity contribution in [3.05, 3.63) is 17.5 Å². The van der Waals surface area contributed by atoms with E-state index in [9.17, 15) is 0 Å². The van der Waals surface area contributed by atoms with E-state index in [1.807, 2.05) is 6.20 Å². The number of likely N-dealkylation sites (N-methyl/N-ethyl adjacent to an activating group) is 1. The number of hydrogen-bond donors (Lipinski definition) is 2. The molecule has 0 aliphatic rings. The van der Waals surface area contributed by atoms with Crippen molar-refractivity contribution in [1.82, 2.24) is 15.1 Å². The van der Waals surface area contributed by atoms with E-state index in [4.69, 9.17) is 5.73 Å². The third-order valence-corrected chi connectivity index (χ3v) is 2.98. The van der Waals surface area contributed by atoms with E-state index in [1.54, 1.807) is 0 Å². The third kappa shape index (κ3) is 3.06. The van der Waals surface area contributed by atoms with Gasteiger partial charge < -0.3 is 5.73 Å². The van der Waals surface area contributed by atoms with Crippen molar-refractivity contribution in [2.24, 2.45) is 5.73 Å². The first kappa shape index (κ1) is 13.2. The molecule has 0 aliphatic carbocycles. The van der Waals surface area contributed by atoms with Gasteiger partial charge in [-0.1, -0.05) is 20.8 Å². The summed E-state index contributed by atoms with van der Waals surface area (Å²) in [6.07, 6.45) is 1.92. The van der Waals surface area contributed by atoms with Crippen LogP contribution < -0.4 is 5.73 Å². The first-order chi connectivity index (χ1) is 7.36. The molecule has 4 heteroatoms. The van der Waals surface area contributed by atoms with Crippen LogP contribution in [0.2, 0.25) is 0 Å². The summed E-state index contributed by atoms with van der Waals surface area (Å²) in [5.41, 5.74) is 8.24. The molecule has 0 unspecified atom stereocenters. The summed E-state index contributed by atoms with van der Waals surface area (Å²) in [5, 5.41) is 7.24. The number of aromatic amines is 1. The zero-order chi connectivity index (χ0) is 12.3. The van der Waals surface area contributed by atoms with Gasteiger partial charge in [0.1, 0.15) is 0 Å². The Morgan fingerprint density at radius 3 is 2.62 bits per heavy atom. The monoisotopic (exact) mass is 224 g/mol. The van der Waals surface area contributed by atoms with Crippen molar-refractivity contribution in [3.63, 3.8) is 0 Å². The smallest absolute Gasteiger partial charge is 0.0535 e. The van der Waals surface area contributed by atoms with E-state index < -0.39 is 0 Å². The second-order valence-electron chi connectivity index (χ2n) is 5.52. The summed E-state index contributed by atoms with van der Waals surface area (Å²) in [4.78, 5) is 2.25. The average molecular weight is 224 g/mol. The van der Waals surface area contributed by atoms with Crippen LogP contribution in [0.25, 0.3) is 0 Å². The highest BCUT2D eigenvalue weighted by molar-refractivity contribution is 5.23. The predicted octanol–water partition coefficient (Wildman–Crippen LogP) is 1.49. The molecule has 1 atom stereocenters. The normalized spacial score (nSPS) is 14.4. The maximum absolute atomic E-state index is 5.66.